The van der Waals surface area contributed by atoms with Crippen LogP contribution in [0.15, 0.2) is 35.7 Å². The van der Waals surface area contributed by atoms with Crippen molar-refractivity contribution in [3.63, 3.8) is 0 Å². The van der Waals surface area contributed by atoms with Gasteiger partial charge in [0.25, 0.3) is 10.1 Å². The number of amides is 1. The van der Waals surface area contributed by atoms with Crippen LogP contribution in [-0.4, -0.2) is 32.0 Å². The zero-order chi connectivity index (χ0) is 15.9. The quantitative estimate of drug-likeness (QED) is 0.433. The maximum Gasteiger partial charge on any atom is 0.294 e. The average molecular weight is 313 g/mol. The van der Waals surface area contributed by atoms with Gasteiger partial charge in [0.2, 0.25) is 5.91 Å². The maximum atomic E-state index is 11.0. The number of hydrogen-bond donors (Lipinski definition) is 2. The molecule has 6 nitrogen and oxygen atoms in total. The third kappa shape index (κ3) is 5.97. The van der Waals surface area contributed by atoms with Gasteiger partial charge in [0.05, 0.1) is 11.5 Å². The molecule has 0 radical (unpaired) electrons. The number of hydrogen-bond acceptors (Lipinski definition) is 4. The molecule has 2 N–H and O–H groups in total. The Balaban J connectivity index is 2.39. The van der Waals surface area contributed by atoms with E-state index in [1.807, 2.05) is 0 Å². The summed E-state index contributed by atoms with van der Waals surface area (Å²) >= 11 is 0. The third-order valence-electron chi connectivity index (χ3n) is 2.76. The fourth-order valence-electron chi connectivity index (χ4n) is 1.64. The second-order valence-corrected chi connectivity index (χ2v) is 5.87. The lowest BCUT2D eigenvalue weighted by atomic mass is 10.2. The van der Waals surface area contributed by atoms with Crippen molar-refractivity contribution in [3.05, 3.63) is 36.4 Å². The van der Waals surface area contributed by atoms with Gasteiger partial charge in [0.15, 0.2) is 0 Å². The minimum Gasteiger partial charge on any atom is -0.493 e. The molecule has 1 rings (SSSR count). The van der Waals surface area contributed by atoms with Crippen molar-refractivity contribution in [1.82, 2.24) is 5.32 Å². The molecule has 0 saturated carbocycles. The Hall–Kier alpha value is -1.86. The van der Waals surface area contributed by atoms with Crippen LogP contribution in [0.1, 0.15) is 18.4 Å². The lowest BCUT2D eigenvalue weighted by molar-refractivity contribution is -0.116. The molecule has 0 atom stereocenters. The molecule has 21 heavy (non-hydrogen) atoms. The number of ether oxygens (including phenoxy) is 1. The van der Waals surface area contributed by atoms with Crippen molar-refractivity contribution < 1.29 is 22.5 Å². The SMILES string of the molecule is C=CC(=O)NCCCCOc1ccc(S(=O)(=O)O)cc1C. The molecule has 0 heterocycles. The zero-order valence-corrected chi connectivity index (χ0v) is 12.6. The molecule has 1 aromatic carbocycles. The van der Waals surface area contributed by atoms with Gasteiger partial charge in [-0.05, 0) is 49.6 Å². The van der Waals surface area contributed by atoms with Gasteiger partial charge in [-0.1, -0.05) is 6.58 Å². The van der Waals surface area contributed by atoms with Crippen LogP contribution in [0.3, 0.4) is 0 Å². The highest BCUT2D eigenvalue weighted by molar-refractivity contribution is 7.85. The molecule has 1 aromatic rings. The summed E-state index contributed by atoms with van der Waals surface area (Å²) in [5.41, 5.74) is 0.630. The molecule has 116 valence electrons. The molecular formula is C14H19NO5S. The van der Waals surface area contributed by atoms with E-state index in [0.717, 1.165) is 12.8 Å². The third-order valence-corrected chi connectivity index (χ3v) is 3.61. The van der Waals surface area contributed by atoms with Crippen LogP contribution in [0.25, 0.3) is 0 Å². The highest BCUT2D eigenvalue weighted by Gasteiger charge is 2.11. The zero-order valence-electron chi connectivity index (χ0n) is 11.8. The first-order valence-corrected chi connectivity index (χ1v) is 7.90. The Morgan fingerprint density at radius 2 is 2.14 bits per heavy atom. The van der Waals surface area contributed by atoms with E-state index in [0.29, 0.717) is 24.5 Å². The molecule has 0 unspecified atom stereocenters. The van der Waals surface area contributed by atoms with Crippen molar-refractivity contribution in [2.45, 2.75) is 24.7 Å². The fourth-order valence-corrected chi connectivity index (χ4v) is 2.20. The normalized spacial score (nSPS) is 11.0. The van der Waals surface area contributed by atoms with E-state index >= 15 is 0 Å². The summed E-state index contributed by atoms with van der Waals surface area (Å²) < 4.78 is 36.4. The van der Waals surface area contributed by atoms with Crippen molar-refractivity contribution in [1.29, 1.82) is 0 Å². The molecule has 0 aromatic heterocycles. The molecule has 0 saturated heterocycles. The van der Waals surface area contributed by atoms with Gasteiger partial charge in [-0.15, -0.1) is 0 Å². The van der Waals surface area contributed by atoms with Gasteiger partial charge < -0.3 is 10.1 Å². The van der Waals surface area contributed by atoms with Crippen LogP contribution >= 0.6 is 0 Å². The first kappa shape index (κ1) is 17.2. The minimum atomic E-state index is -4.19. The monoisotopic (exact) mass is 313 g/mol. The van der Waals surface area contributed by atoms with Gasteiger partial charge in [-0.3, -0.25) is 9.35 Å². The first-order chi connectivity index (χ1) is 9.84. The summed E-state index contributed by atoms with van der Waals surface area (Å²) in [6, 6.07) is 4.16. The number of carbonyl (C=O) groups is 1. The number of unbranched alkanes of at least 4 members (excludes halogenated alkanes) is 1. The number of carbonyl (C=O) groups excluding carboxylic acids is 1. The summed E-state index contributed by atoms with van der Waals surface area (Å²) in [7, 11) is -4.19. The largest absolute Gasteiger partial charge is 0.493 e. The highest BCUT2D eigenvalue weighted by atomic mass is 32.2. The topological polar surface area (TPSA) is 92.7 Å². The van der Waals surface area contributed by atoms with Gasteiger partial charge >= 0.3 is 0 Å². The van der Waals surface area contributed by atoms with E-state index < -0.39 is 10.1 Å². The number of rotatable bonds is 8. The Labute approximate surface area is 124 Å². The molecule has 0 bridgehead atoms. The van der Waals surface area contributed by atoms with E-state index in [4.69, 9.17) is 9.29 Å². The van der Waals surface area contributed by atoms with E-state index in [9.17, 15) is 13.2 Å². The standard InChI is InChI=1S/C14H19NO5S/c1-3-14(16)15-8-4-5-9-20-13-7-6-12(10-11(13)2)21(17,18)19/h3,6-7,10H,1,4-5,8-9H2,2H3,(H,15,16)(H,17,18,19). The molecule has 0 aliphatic rings. The molecule has 7 heteroatoms. The van der Waals surface area contributed by atoms with E-state index in [1.165, 1.54) is 24.3 Å². The van der Waals surface area contributed by atoms with Gasteiger partial charge in [-0.2, -0.15) is 8.42 Å². The fraction of sp³-hybridized carbons (Fsp3) is 0.357. The van der Waals surface area contributed by atoms with Crippen LogP contribution in [0.4, 0.5) is 0 Å². The summed E-state index contributed by atoms with van der Waals surface area (Å²) in [6.07, 6.45) is 2.73. The van der Waals surface area contributed by atoms with Crippen LogP contribution in [-0.2, 0) is 14.9 Å². The molecule has 0 fully saturated rings. The van der Waals surface area contributed by atoms with Crippen LogP contribution in [0, 0.1) is 6.92 Å². The Bertz CT molecular complexity index is 610. The Morgan fingerprint density at radius 3 is 2.71 bits per heavy atom. The second kappa shape index (κ2) is 7.80. The Morgan fingerprint density at radius 1 is 1.43 bits per heavy atom. The summed E-state index contributed by atoms with van der Waals surface area (Å²) in [5, 5.41) is 2.66. The molecule has 0 spiro atoms. The second-order valence-electron chi connectivity index (χ2n) is 4.45. The Kier molecular flexibility index (Phi) is 6.39. The lowest BCUT2D eigenvalue weighted by Crippen LogP contribution is -2.22. The predicted molar refractivity (Wildman–Crippen MR) is 78.9 cm³/mol. The number of benzene rings is 1. The molecule has 1 amide bonds. The molecule has 0 aliphatic heterocycles. The summed E-state index contributed by atoms with van der Waals surface area (Å²) in [4.78, 5) is 10.7. The predicted octanol–water partition coefficient (Wildman–Crippen LogP) is 1.70. The summed E-state index contributed by atoms with van der Waals surface area (Å²) in [6.45, 7) is 6.06. The van der Waals surface area contributed by atoms with E-state index in [1.54, 1.807) is 6.92 Å². The number of aryl methyl sites for hydroxylation is 1. The van der Waals surface area contributed by atoms with Gasteiger partial charge in [0.1, 0.15) is 5.75 Å². The molecule has 0 aliphatic carbocycles. The van der Waals surface area contributed by atoms with Gasteiger partial charge in [0, 0.05) is 6.54 Å². The van der Waals surface area contributed by atoms with E-state index in [-0.39, 0.29) is 10.8 Å². The van der Waals surface area contributed by atoms with Gasteiger partial charge in [-0.25, -0.2) is 0 Å². The smallest absolute Gasteiger partial charge is 0.294 e. The minimum absolute atomic E-state index is 0.153. The highest BCUT2D eigenvalue weighted by Crippen LogP contribution is 2.21. The van der Waals surface area contributed by atoms with Crippen molar-refractivity contribution in [3.8, 4) is 5.75 Å². The number of nitrogens with one attached hydrogen (secondary N) is 1. The maximum absolute atomic E-state index is 11.0. The van der Waals surface area contributed by atoms with Crippen molar-refractivity contribution in [2.75, 3.05) is 13.2 Å². The van der Waals surface area contributed by atoms with Crippen LogP contribution in [0.2, 0.25) is 0 Å². The van der Waals surface area contributed by atoms with Crippen LogP contribution < -0.4 is 10.1 Å². The van der Waals surface area contributed by atoms with Crippen LogP contribution in [0.5, 0.6) is 5.75 Å². The van der Waals surface area contributed by atoms with Crippen molar-refractivity contribution in [2.24, 2.45) is 0 Å². The first-order valence-electron chi connectivity index (χ1n) is 6.46. The van der Waals surface area contributed by atoms with E-state index in [2.05, 4.69) is 11.9 Å². The van der Waals surface area contributed by atoms with Crippen molar-refractivity contribution >= 4 is 16.0 Å². The molecular weight excluding hydrogens is 294 g/mol. The average Bonchev–Trinajstić information content (AvgIpc) is 2.42. The lowest BCUT2D eigenvalue weighted by Gasteiger charge is -2.10. The summed E-state index contributed by atoms with van der Waals surface area (Å²) in [5.74, 6) is 0.366.